The van der Waals surface area contributed by atoms with E-state index in [9.17, 15) is 13.2 Å². The molecule has 3 rings (SSSR count). The van der Waals surface area contributed by atoms with Crippen molar-refractivity contribution in [3.05, 3.63) is 29.8 Å². The van der Waals surface area contributed by atoms with E-state index in [1.54, 1.807) is 14.0 Å². The fraction of sp³-hybridized carbons (Fsp3) is 0.353. The number of rotatable bonds is 6. The van der Waals surface area contributed by atoms with Crippen LogP contribution in [0.15, 0.2) is 22.7 Å². The molecule has 0 atom stereocenters. The van der Waals surface area contributed by atoms with E-state index in [1.807, 2.05) is 0 Å². The second-order valence-corrected chi connectivity index (χ2v) is 8.11. The number of fused-ring (bicyclic) bond motifs is 1. The molecule has 27 heavy (non-hydrogen) atoms. The summed E-state index contributed by atoms with van der Waals surface area (Å²) >= 11 is 2.59. The molecule has 0 fully saturated rings. The average Bonchev–Trinajstić information content (AvgIpc) is 2.94. The molecule has 3 aromatic rings. The molecular formula is C17H17F3N4OS2. The van der Waals surface area contributed by atoms with Gasteiger partial charge in [0.1, 0.15) is 10.7 Å². The summed E-state index contributed by atoms with van der Waals surface area (Å²) in [6.07, 6.45) is -0.836. The first-order chi connectivity index (χ1) is 12.8. The van der Waals surface area contributed by atoms with Crippen LogP contribution in [0.5, 0.6) is 0 Å². The molecule has 0 bridgehead atoms. The van der Waals surface area contributed by atoms with Crippen LogP contribution in [-0.2, 0) is 10.9 Å². The molecule has 0 amide bonds. The second-order valence-electron chi connectivity index (χ2n) is 5.75. The fourth-order valence-corrected chi connectivity index (χ4v) is 4.75. The number of hydrogen-bond acceptors (Lipinski definition) is 7. The molecule has 0 saturated heterocycles. The highest BCUT2D eigenvalue weighted by Gasteiger charge is 2.35. The van der Waals surface area contributed by atoms with E-state index in [4.69, 9.17) is 10.5 Å². The van der Waals surface area contributed by atoms with Crippen LogP contribution in [-0.4, -0.2) is 34.4 Å². The number of nitrogens with zero attached hydrogens (tertiary/aromatic N) is 3. The number of aryl methyl sites for hydroxylation is 1. The van der Waals surface area contributed by atoms with Crippen molar-refractivity contribution in [1.82, 2.24) is 15.0 Å². The highest BCUT2D eigenvalue weighted by Crippen LogP contribution is 2.46. The third kappa shape index (κ3) is 4.33. The SMILES string of the molecule is COCCCSc1sc2nc(-c3cnc(C)nc3)cc(C(F)(F)F)c2c1N. The Hall–Kier alpha value is -1.91. The third-order valence-corrected chi connectivity index (χ3v) is 6.25. The molecule has 0 unspecified atom stereocenters. The molecule has 3 aromatic heterocycles. The molecule has 2 N–H and O–H groups in total. The standard InChI is InChI=1S/C17H17F3N4OS2/c1-9-22-7-10(8-23-9)12-6-11(17(18,19)20)13-14(21)16(27-15(13)24-12)26-5-3-4-25-2/h6-8H,3-5,21H2,1-2H3. The molecule has 0 saturated carbocycles. The van der Waals surface area contributed by atoms with Crippen molar-refractivity contribution in [1.29, 1.82) is 0 Å². The lowest BCUT2D eigenvalue weighted by molar-refractivity contribution is -0.136. The van der Waals surface area contributed by atoms with Crippen molar-refractivity contribution in [2.75, 3.05) is 25.2 Å². The van der Waals surface area contributed by atoms with E-state index in [0.717, 1.165) is 12.5 Å². The van der Waals surface area contributed by atoms with Gasteiger partial charge in [0.2, 0.25) is 0 Å². The van der Waals surface area contributed by atoms with Crippen LogP contribution in [0.4, 0.5) is 18.9 Å². The van der Waals surface area contributed by atoms with Crippen LogP contribution >= 0.6 is 23.1 Å². The lowest BCUT2D eigenvalue weighted by Gasteiger charge is -2.11. The molecule has 0 spiro atoms. The van der Waals surface area contributed by atoms with E-state index in [2.05, 4.69) is 15.0 Å². The number of halogens is 3. The number of nitrogen functional groups attached to an aromatic ring is 1. The summed E-state index contributed by atoms with van der Waals surface area (Å²) in [6.45, 7) is 2.29. The van der Waals surface area contributed by atoms with Gasteiger partial charge in [0.15, 0.2) is 0 Å². The van der Waals surface area contributed by atoms with Crippen LogP contribution in [0.3, 0.4) is 0 Å². The van der Waals surface area contributed by atoms with Crippen LogP contribution in [0.25, 0.3) is 21.5 Å². The zero-order valence-corrected chi connectivity index (χ0v) is 16.3. The predicted molar refractivity (Wildman–Crippen MR) is 102 cm³/mol. The summed E-state index contributed by atoms with van der Waals surface area (Å²) in [5.74, 6) is 1.23. The van der Waals surface area contributed by atoms with Gasteiger partial charge in [0.25, 0.3) is 0 Å². The molecule has 5 nitrogen and oxygen atoms in total. The molecule has 0 aliphatic carbocycles. The van der Waals surface area contributed by atoms with Gasteiger partial charge in [-0.15, -0.1) is 23.1 Å². The van der Waals surface area contributed by atoms with E-state index in [-0.39, 0.29) is 21.6 Å². The number of thioether (sulfide) groups is 1. The van der Waals surface area contributed by atoms with Gasteiger partial charge >= 0.3 is 6.18 Å². The smallest absolute Gasteiger partial charge is 0.397 e. The number of thiophene rings is 1. The van der Waals surface area contributed by atoms with E-state index in [0.29, 0.717) is 28.0 Å². The van der Waals surface area contributed by atoms with E-state index in [1.165, 1.54) is 35.5 Å². The highest BCUT2D eigenvalue weighted by atomic mass is 32.2. The van der Waals surface area contributed by atoms with Gasteiger partial charge in [-0.2, -0.15) is 13.2 Å². The predicted octanol–water partition coefficient (Wildman–Crippen LogP) is 4.79. The molecule has 144 valence electrons. The van der Waals surface area contributed by atoms with Crippen LogP contribution < -0.4 is 5.73 Å². The Morgan fingerprint density at radius 2 is 1.96 bits per heavy atom. The Bertz CT molecular complexity index is 942. The lowest BCUT2D eigenvalue weighted by atomic mass is 10.1. The third-order valence-electron chi connectivity index (χ3n) is 3.77. The monoisotopic (exact) mass is 414 g/mol. The quantitative estimate of drug-likeness (QED) is 0.462. The first-order valence-electron chi connectivity index (χ1n) is 8.02. The number of pyridine rings is 1. The number of hydrogen-bond donors (Lipinski definition) is 1. The van der Waals surface area contributed by atoms with Crippen molar-refractivity contribution >= 4 is 39.0 Å². The minimum atomic E-state index is -4.55. The number of ether oxygens (including phenoxy) is 1. The zero-order valence-electron chi connectivity index (χ0n) is 14.6. The summed E-state index contributed by atoms with van der Waals surface area (Å²) in [5, 5.41) is -0.0430. The van der Waals surface area contributed by atoms with Crippen LogP contribution in [0.2, 0.25) is 0 Å². The molecule has 0 aliphatic rings. The maximum absolute atomic E-state index is 13.7. The second kappa shape index (κ2) is 7.99. The van der Waals surface area contributed by atoms with Crippen LogP contribution in [0, 0.1) is 6.92 Å². The van der Waals surface area contributed by atoms with Gasteiger partial charge in [-0.05, 0) is 19.4 Å². The molecule has 3 heterocycles. The van der Waals surface area contributed by atoms with Gasteiger partial charge in [0, 0.05) is 42.8 Å². The van der Waals surface area contributed by atoms with Crippen LogP contribution in [0.1, 0.15) is 17.8 Å². The first kappa shape index (κ1) is 19.8. The van der Waals surface area contributed by atoms with Crippen molar-refractivity contribution in [3.63, 3.8) is 0 Å². The van der Waals surface area contributed by atoms with Crippen molar-refractivity contribution < 1.29 is 17.9 Å². The van der Waals surface area contributed by atoms with Crippen molar-refractivity contribution in [2.45, 2.75) is 23.7 Å². The summed E-state index contributed by atoms with van der Waals surface area (Å²) in [4.78, 5) is 12.7. The van der Waals surface area contributed by atoms with Gasteiger partial charge in [-0.1, -0.05) is 0 Å². The lowest BCUT2D eigenvalue weighted by Crippen LogP contribution is -2.07. The summed E-state index contributed by atoms with van der Waals surface area (Å²) < 4.78 is 46.7. The molecular weight excluding hydrogens is 397 g/mol. The number of alkyl halides is 3. The average molecular weight is 414 g/mol. The maximum atomic E-state index is 13.7. The Kier molecular flexibility index (Phi) is 5.87. The summed E-state index contributed by atoms with van der Waals surface area (Å²) in [6, 6.07) is 1.01. The molecule has 10 heteroatoms. The van der Waals surface area contributed by atoms with Gasteiger partial charge in [0.05, 0.1) is 21.2 Å². The Labute approximate surface area is 162 Å². The molecule has 0 radical (unpaired) electrons. The zero-order chi connectivity index (χ0) is 19.6. The highest BCUT2D eigenvalue weighted by molar-refractivity contribution is 8.01. The Balaban J connectivity index is 2.09. The topological polar surface area (TPSA) is 73.9 Å². The Morgan fingerprint density at radius 1 is 1.26 bits per heavy atom. The van der Waals surface area contributed by atoms with Crippen molar-refractivity contribution in [2.24, 2.45) is 0 Å². The number of nitrogens with two attached hydrogens (primary N) is 1. The number of anilines is 1. The fourth-order valence-electron chi connectivity index (χ4n) is 2.47. The van der Waals surface area contributed by atoms with Gasteiger partial charge in [-0.3, -0.25) is 0 Å². The van der Waals surface area contributed by atoms with Gasteiger partial charge < -0.3 is 10.5 Å². The van der Waals surface area contributed by atoms with E-state index >= 15 is 0 Å². The largest absolute Gasteiger partial charge is 0.417 e. The van der Waals surface area contributed by atoms with E-state index < -0.39 is 11.7 Å². The molecule has 0 aliphatic heterocycles. The van der Waals surface area contributed by atoms with Gasteiger partial charge in [-0.25, -0.2) is 15.0 Å². The summed E-state index contributed by atoms with van der Waals surface area (Å²) in [7, 11) is 1.61. The Morgan fingerprint density at radius 3 is 2.59 bits per heavy atom. The number of aromatic nitrogens is 3. The maximum Gasteiger partial charge on any atom is 0.417 e. The minimum Gasteiger partial charge on any atom is -0.397 e. The summed E-state index contributed by atoms with van der Waals surface area (Å²) in [5.41, 5.74) is 5.99. The normalized spacial score (nSPS) is 12.0. The van der Waals surface area contributed by atoms with Crippen molar-refractivity contribution in [3.8, 4) is 11.3 Å². The first-order valence-corrected chi connectivity index (χ1v) is 9.82. The number of methoxy groups -OCH3 is 1. The molecule has 0 aromatic carbocycles. The minimum absolute atomic E-state index is 0.0430.